The maximum Gasteiger partial charge on any atom is 0.338 e. The summed E-state index contributed by atoms with van der Waals surface area (Å²) in [6, 6.07) is 14.1. The van der Waals surface area contributed by atoms with Crippen LogP contribution in [0.15, 0.2) is 48.5 Å². The number of benzene rings is 2. The van der Waals surface area contributed by atoms with E-state index >= 15 is 0 Å². The second kappa shape index (κ2) is 8.15. The first kappa shape index (κ1) is 17.5. The molecule has 134 valence electrons. The molecule has 0 aliphatic carbocycles. The lowest BCUT2D eigenvalue weighted by Gasteiger charge is -2.08. The van der Waals surface area contributed by atoms with Crippen molar-refractivity contribution >= 4 is 28.7 Å². The average molecular weight is 352 g/mol. The zero-order valence-corrected chi connectivity index (χ0v) is 14.4. The monoisotopic (exact) mass is 352 g/mol. The smallest absolute Gasteiger partial charge is 0.338 e. The zero-order chi connectivity index (χ0) is 18.4. The SMILES string of the molecule is CCOC(=O)c1cccc(NC(=O)NCCc2nc3ccccc3[nH]2)c1. The number of amides is 2. The van der Waals surface area contributed by atoms with Crippen LogP contribution in [0.5, 0.6) is 0 Å². The molecule has 7 nitrogen and oxygen atoms in total. The minimum atomic E-state index is -0.415. The fourth-order valence-electron chi connectivity index (χ4n) is 2.53. The molecule has 2 aromatic carbocycles. The van der Waals surface area contributed by atoms with E-state index in [2.05, 4.69) is 20.6 Å². The van der Waals surface area contributed by atoms with Crippen LogP contribution >= 0.6 is 0 Å². The normalized spacial score (nSPS) is 10.5. The molecule has 3 aromatic rings. The molecule has 0 aliphatic heterocycles. The van der Waals surface area contributed by atoms with Crippen molar-refractivity contribution in [2.45, 2.75) is 13.3 Å². The van der Waals surface area contributed by atoms with E-state index in [0.29, 0.717) is 30.8 Å². The van der Waals surface area contributed by atoms with Crippen molar-refractivity contribution < 1.29 is 14.3 Å². The Balaban J connectivity index is 1.51. The summed E-state index contributed by atoms with van der Waals surface area (Å²) in [4.78, 5) is 31.4. The summed E-state index contributed by atoms with van der Waals surface area (Å²) in [6.07, 6.45) is 0.588. The molecule has 2 amide bonds. The van der Waals surface area contributed by atoms with Gasteiger partial charge in [0.05, 0.1) is 23.2 Å². The van der Waals surface area contributed by atoms with Gasteiger partial charge in [-0.25, -0.2) is 14.6 Å². The first-order valence-corrected chi connectivity index (χ1v) is 8.41. The number of hydrogen-bond donors (Lipinski definition) is 3. The molecule has 0 saturated carbocycles. The third-order valence-electron chi connectivity index (χ3n) is 3.72. The van der Waals surface area contributed by atoms with E-state index in [9.17, 15) is 9.59 Å². The van der Waals surface area contributed by atoms with Crippen molar-refractivity contribution in [3.05, 3.63) is 59.9 Å². The number of hydrogen-bond acceptors (Lipinski definition) is 4. The Bertz CT molecular complexity index is 887. The van der Waals surface area contributed by atoms with Gasteiger partial charge < -0.3 is 20.4 Å². The standard InChI is InChI=1S/C19H20N4O3/c1-2-26-18(24)13-6-5-7-14(12-13)21-19(25)20-11-10-17-22-15-8-3-4-9-16(15)23-17/h3-9,12H,2,10-11H2,1H3,(H,22,23)(H2,20,21,25). The summed E-state index contributed by atoms with van der Waals surface area (Å²) in [6.45, 7) is 2.48. The number of fused-ring (bicyclic) bond motifs is 1. The third kappa shape index (κ3) is 4.38. The van der Waals surface area contributed by atoms with Crippen LogP contribution in [0.2, 0.25) is 0 Å². The van der Waals surface area contributed by atoms with Crippen LogP contribution in [0.4, 0.5) is 10.5 Å². The van der Waals surface area contributed by atoms with Crippen molar-refractivity contribution in [2.75, 3.05) is 18.5 Å². The number of para-hydroxylation sites is 2. The number of aromatic nitrogens is 2. The molecule has 0 aliphatic rings. The summed E-state index contributed by atoms with van der Waals surface area (Å²) in [5.41, 5.74) is 2.80. The van der Waals surface area contributed by atoms with Crippen LogP contribution in [0.25, 0.3) is 11.0 Å². The molecule has 3 rings (SSSR count). The number of nitrogens with one attached hydrogen (secondary N) is 3. The van der Waals surface area contributed by atoms with Crippen LogP contribution < -0.4 is 10.6 Å². The molecule has 0 saturated heterocycles. The summed E-state index contributed by atoms with van der Waals surface area (Å²) in [5, 5.41) is 5.48. The maximum atomic E-state index is 12.0. The molecule has 0 bridgehead atoms. The van der Waals surface area contributed by atoms with Gasteiger partial charge in [0.2, 0.25) is 0 Å². The lowest BCUT2D eigenvalue weighted by molar-refractivity contribution is 0.0526. The lowest BCUT2D eigenvalue weighted by atomic mass is 10.2. The molecule has 0 spiro atoms. The van der Waals surface area contributed by atoms with Gasteiger partial charge in [-0.2, -0.15) is 0 Å². The largest absolute Gasteiger partial charge is 0.462 e. The molecule has 1 heterocycles. The van der Waals surface area contributed by atoms with Gasteiger partial charge in [-0.15, -0.1) is 0 Å². The van der Waals surface area contributed by atoms with Crippen molar-refractivity contribution in [1.82, 2.24) is 15.3 Å². The second-order valence-corrected chi connectivity index (χ2v) is 5.63. The Morgan fingerprint density at radius 1 is 1.15 bits per heavy atom. The first-order chi connectivity index (χ1) is 12.7. The van der Waals surface area contributed by atoms with Gasteiger partial charge in [0.1, 0.15) is 5.82 Å². The molecule has 0 fully saturated rings. The molecule has 0 radical (unpaired) electrons. The number of imidazole rings is 1. The van der Waals surface area contributed by atoms with E-state index in [0.717, 1.165) is 16.9 Å². The van der Waals surface area contributed by atoms with Crippen LogP contribution in [0.1, 0.15) is 23.1 Å². The number of anilines is 1. The third-order valence-corrected chi connectivity index (χ3v) is 3.72. The predicted molar refractivity (Wildman–Crippen MR) is 99.2 cm³/mol. The zero-order valence-electron chi connectivity index (χ0n) is 14.4. The number of ether oxygens (including phenoxy) is 1. The highest BCUT2D eigenvalue weighted by molar-refractivity contribution is 5.93. The number of H-pyrrole nitrogens is 1. The molecule has 1 aromatic heterocycles. The Morgan fingerprint density at radius 2 is 2.00 bits per heavy atom. The van der Waals surface area contributed by atoms with Crippen LogP contribution in [-0.2, 0) is 11.2 Å². The highest BCUT2D eigenvalue weighted by atomic mass is 16.5. The maximum absolute atomic E-state index is 12.0. The molecule has 3 N–H and O–H groups in total. The van der Waals surface area contributed by atoms with Gasteiger partial charge in [-0.05, 0) is 37.3 Å². The molecule has 26 heavy (non-hydrogen) atoms. The van der Waals surface area contributed by atoms with E-state index in [1.807, 2.05) is 24.3 Å². The number of carbonyl (C=O) groups excluding carboxylic acids is 2. The van der Waals surface area contributed by atoms with E-state index in [4.69, 9.17) is 4.74 Å². The highest BCUT2D eigenvalue weighted by Crippen LogP contribution is 2.12. The fourth-order valence-corrected chi connectivity index (χ4v) is 2.53. The van der Waals surface area contributed by atoms with E-state index in [1.54, 1.807) is 31.2 Å². The van der Waals surface area contributed by atoms with E-state index in [1.165, 1.54) is 0 Å². The number of carbonyl (C=O) groups is 2. The van der Waals surface area contributed by atoms with Crippen molar-refractivity contribution in [3.8, 4) is 0 Å². The van der Waals surface area contributed by atoms with Gasteiger partial charge in [-0.1, -0.05) is 18.2 Å². The minimum Gasteiger partial charge on any atom is -0.462 e. The van der Waals surface area contributed by atoms with Crippen LogP contribution in [-0.4, -0.2) is 35.1 Å². The van der Waals surface area contributed by atoms with Gasteiger partial charge >= 0.3 is 12.0 Å². The Kier molecular flexibility index (Phi) is 5.48. The molecule has 7 heteroatoms. The lowest BCUT2D eigenvalue weighted by Crippen LogP contribution is -2.30. The van der Waals surface area contributed by atoms with Crippen molar-refractivity contribution in [3.63, 3.8) is 0 Å². The van der Waals surface area contributed by atoms with Gasteiger partial charge in [-0.3, -0.25) is 0 Å². The summed E-state index contributed by atoms with van der Waals surface area (Å²) >= 11 is 0. The second-order valence-electron chi connectivity index (χ2n) is 5.63. The van der Waals surface area contributed by atoms with Gasteiger partial charge in [0.15, 0.2) is 0 Å². The Labute approximate surface area is 150 Å². The summed E-state index contributed by atoms with van der Waals surface area (Å²) < 4.78 is 4.95. The molecule has 0 atom stereocenters. The van der Waals surface area contributed by atoms with E-state index in [-0.39, 0.29) is 6.03 Å². The summed E-state index contributed by atoms with van der Waals surface area (Å²) in [5.74, 6) is 0.400. The van der Waals surface area contributed by atoms with Crippen molar-refractivity contribution in [1.29, 1.82) is 0 Å². The van der Waals surface area contributed by atoms with Gasteiger partial charge in [0.25, 0.3) is 0 Å². The van der Waals surface area contributed by atoms with Gasteiger partial charge in [0, 0.05) is 18.7 Å². The molecular weight excluding hydrogens is 332 g/mol. The van der Waals surface area contributed by atoms with E-state index < -0.39 is 5.97 Å². The quantitative estimate of drug-likeness (QED) is 0.594. The highest BCUT2D eigenvalue weighted by Gasteiger charge is 2.08. The number of nitrogens with zero attached hydrogens (tertiary/aromatic N) is 1. The predicted octanol–water partition coefficient (Wildman–Crippen LogP) is 3.10. The number of rotatable bonds is 6. The number of urea groups is 1. The fraction of sp³-hybridized carbons (Fsp3) is 0.211. The number of aromatic amines is 1. The van der Waals surface area contributed by atoms with Crippen LogP contribution in [0.3, 0.4) is 0 Å². The molecular formula is C19H20N4O3. The minimum absolute atomic E-state index is 0.304. The first-order valence-electron chi connectivity index (χ1n) is 8.41. The summed E-state index contributed by atoms with van der Waals surface area (Å²) in [7, 11) is 0. The Hall–Kier alpha value is -3.35. The van der Waals surface area contributed by atoms with Crippen LogP contribution in [0, 0.1) is 0 Å². The average Bonchev–Trinajstić information content (AvgIpc) is 3.05. The van der Waals surface area contributed by atoms with Crippen molar-refractivity contribution in [2.24, 2.45) is 0 Å². The number of esters is 1. The Morgan fingerprint density at radius 3 is 2.81 bits per heavy atom. The molecule has 0 unspecified atom stereocenters. The topological polar surface area (TPSA) is 96.1 Å².